The summed E-state index contributed by atoms with van der Waals surface area (Å²) in [6.07, 6.45) is 1.64. The summed E-state index contributed by atoms with van der Waals surface area (Å²) in [5.74, 6) is -0.989. The molecule has 1 heterocycles. The summed E-state index contributed by atoms with van der Waals surface area (Å²) >= 11 is 12.0. The van der Waals surface area contributed by atoms with Crippen molar-refractivity contribution < 1.29 is 28.3 Å². The minimum atomic E-state index is -0.645. The highest BCUT2D eigenvalue weighted by Gasteiger charge is 2.21. The molecule has 0 fully saturated rings. The molecule has 0 spiro atoms. The van der Waals surface area contributed by atoms with E-state index in [0.29, 0.717) is 27.3 Å². The zero-order valence-corrected chi connectivity index (χ0v) is 16.7. The van der Waals surface area contributed by atoms with Crippen molar-refractivity contribution in [2.24, 2.45) is 0 Å². The lowest BCUT2D eigenvalue weighted by atomic mass is 10.2. The van der Waals surface area contributed by atoms with Crippen LogP contribution in [0.5, 0.6) is 0 Å². The summed E-state index contributed by atoms with van der Waals surface area (Å²) in [4.78, 5) is 40.5. The predicted octanol–water partition coefficient (Wildman–Crippen LogP) is 2.76. The lowest BCUT2D eigenvalue weighted by Crippen LogP contribution is -2.40. The monoisotopic (exact) mass is 428 g/mol. The van der Waals surface area contributed by atoms with Gasteiger partial charge in [-0.1, -0.05) is 23.2 Å². The fourth-order valence-corrected chi connectivity index (χ4v) is 2.79. The average Bonchev–Trinajstić information content (AvgIpc) is 3.13. The number of esters is 2. The number of rotatable bonds is 8. The fourth-order valence-electron chi connectivity index (χ4n) is 2.28. The molecule has 0 unspecified atom stereocenters. The lowest BCUT2D eigenvalue weighted by Gasteiger charge is -2.19. The highest BCUT2D eigenvalue weighted by atomic mass is 35.5. The third kappa shape index (κ3) is 5.97. The third-order valence-electron chi connectivity index (χ3n) is 3.75. The highest BCUT2D eigenvalue weighted by molar-refractivity contribution is 6.36. The molecule has 0 atom stereocenters. The SMILES string of the molecule is COC(=O)CN(CC(=O)OC)C(=O)CCc1ncc(-c2ccc(Cl)cc2Cl)o1. The number of aryl methyl sites for hydroxylation is 1. The number of nitrogens with zero attached hydrogens (tertiary/aromatic N) is 2. The van der Waals surface area contributed by atoms with Gasteiger partial charge in [-0.05, 0) is 18.2 Å². The number of hydrogen-bond donors (Lipinski definition) is 0. The van der Waals surface area contributed by atoms with Crippen molar-refractivity contribution in [2.75, 3.05) is 27.3 Å². The average molecular weight is 429 g/mol. The van der Waals surface area contributed by atoms with E-state index in [9.17, 15) is 14.4 Å². The van der Waals surface area contributed by atoms with Gasteiger partial charge in [-0.15, -0.1) is 0 Å². The van der Waals surface area contributed by atoms with Crippen LogP contribution in [0.25, 0.3) is 11.3 Å². The maximum Gasteiger partial charge on any atom is 0.325 e. The van der Waals surface area contributed by atoms with E-state index in [2.05, 4.69) is 14.5 Å². The Morgan fingerprint density at radius 2 is 1.75 bits per heavy atom. The molecule has 28 heavy (non-hydrogen) atoms. The first kappa shape index (κ1) is 21.7. The molecule has 0 bridgehead atoms. The Morgan fingerprint density at radius 3 is 2.32 bits per heavy atom. The van der Waals surface area contributed by atoms with E-state index in [-0.39, 0.29) is 25.9 Å². The van der Waals surface area contributed by atoms with E-state index >= 15 is 0 Å². The van der Waals surface area contributed by atoms with Gasteiger partial charge in [0.2, 0.25) is 5.91 Å². The van der Waals surface area contributed by atoms with Crippen molar-refractivity contribution in [3.8, 4) is 11.3 Å². The van der Waals surface area contributed by atoms with Gasteiger partial charge < -0.3 is 18.8 Å². The van der Waals surface area contributed by atoms with Crippen molar-refractivity contribution in [3.63, 3.8) is 0 Å². The Hall–Kier alpha value is -2.58. The van der Waals surface area contributed by atoms with Crippen LogP contribution in [-0.4, -0.2) is 55.0 Å². The first-order valence-electron chi connectivity index (χ1n) is 8.15. The number of aromatic nitrogens is 1. The topological polar surface area (TPSA) is 98.9 Å². The third-order valence-corrected chi connectivity index (χ3v) is 4.30. The van der Waals surface area contributed by atoms with E-state index in [1.807, 2.05) is 0 Å². The summed E-state index contributed by atoms with van der Waals surface area (Å²) in [5, 5.41) is 0.906. The Bertz CT molecular complexity index is 850. The quantitative estimate of drug-likeness (QED) is 0.595. The molecule has 1 amide bonds. The van der Waals surface area contributed by atoms with E-state index in [4.69, 9.17) is 27.6 Å². The van der Waals surface area contributed by atoms with Gasteiger partial charge >= 0.3 is 11.9 Å². The fraction of sp³-hybridized carbons (Fsp3) is 0.333. The van der Waals surface area contributed by atoms with Gasteiger partial charge in [0.15, 0.2) is 11.7 Å². The van der Waals surface area contributed by atoms with Crippen LogP contribution in [0.1, 0.15) is 12.3 Å². The summed E-state index contributed by atoms with van der Waals surface area (Å²) < 4.78 is 14.7. The summed E-state index contributed by atoms with van der Waals surface area (Å²) in [6, 6.07) is 4.96. The molecule has 1 aromatic carbocycles. The molecule has 2 rings (SSSR count). The maximum absolute atomic E-state index is 12.4. The summed E-state index contributed by atoms with van der Waals surface area (Å²) in [7, 11) is 2.39. The Balaban J connectivity index is 2.03. The molecule has 10 heteroatoms. The van der Waals surface area contributed by atoms with Crippen molar-refractivity contribution in [1.82, 2.24) is 9.88 Å². The van der Waals surface area contributed by atoms with Gasteiger partial charge in [-0.25, -0.2) is 4.98 Å². The molecule has 0 aliphatic carbocycles. The largest absolute Gasteiger partial charge is 0.468 e. The number of benzene rings is 1. The number of methoxy groups -OCH3 is 2. The molecule has 0 aliphatic heterocycles. The molecular formula is C18H18Cl2N2O6. The van der Waals surface area contributed by atoms with Gasteiger partial charge in [0.05, 0.1) is 25.4 Å². The second-order valence-electron chi connectivity index (χ2n) is 5.64. The van der Waals surface area contributed by atoms with Crippen LogP contribution < -0.4 is 0 Å². The van der Waals surface area contributed by atoms with Gasteiger partial charge in [0, 0.05) is 23.4 Å². The minimum absolute atomic E-state index is 0.0255. The van der Waals surface area contributed by atoms with Crippen LogP contribution in [-0.2, 0) is 30.3 Å². The first-order valence-corrected chi connectivity index (χ1v) is 8.91. The number of hydrogen-bond acceptors (Lipinski definition) is 7. The van der Waals surface area contributed by atoms with E-state index in [0.717, 1.165) is 4.90 Å². The van der Waals surface area contributed by atoms with Gasteiger partial charge in [0.25, 0.3) is 0 Å². The molecule has 2 aromatic rings. The molecule has 0 saturated carbocycles. The van der Waals surface area contributed by atoms with Gasteiger partial charge in [-0.3, -0.25) is 14.4 Å². The Kier molecular flexibility index (Phi) is 7.83. The molecule has 1 aromatic heterocycles. The van der Waals surface area contributed by atoms with Crippen LogP contribution in [0.3, 0.4) is 0 Å². The highest BCUT2D eigenvalue weighted by Crippen LogP contribution is 2.30. The second kappa shape index (κ2) is 10.1. The second-order valence-corrected chi connectivity index (χ2v) is 6.49. The van der Waals surface area contributed by atoms with Crippen molar-refractivity contribution in [1.29, 1.82) is 0 Å². The molecular weight excluding hydrogens is 411 g/mol. The van der Waals surface area contributed by atoms with Gasteiger partial charge in [-0.2, -0.15) is 0 Å². The zero-order valence-electron chi connectivity index (χ0n) is 15.2. The first-order chi connectivity index (χ1) is 13.3. The molecule has 8 nitrogen and oxygen atoms in total. The summed E-state index contributed by atoms with van der Waals surface area (Å²) in [5.41, 5.74) is 0.620. The molecule has 0 aliphatic rings. The van der Waals surface area contributed by atoms with Crippen LogP contribution in [0, 0.1) is 0 Å². The van der Waals surface area contributed by atoms with Crippen molar-refractivity contribution in [3.05, 3.63) is 40.3 Å². The lowest BCUT2D eigenvalue weighted by molar-refractivity contribution is -0.152. The van der Waals surface area contributed by atoms with E-state index in [1.54, 1.807) is 18.2 Å². The van der Waals surface area contributed by atoms with Crippen LogP contribution in [0.4, 0.5) is 0 Å². The minimum Gasteiger partial charge on any atom is -0.468 e. The maximum atomic E-state index is 12.4. The van der Waals surface area contributed by atoms with E-state index < -0.39 is 17.8 Å². The molecule has 150 valence electrons. The number of amides is 1. The van der Waals surface area contributed by atoms with Crippen LogP contribution in [0.2, 0.25) is 10.0 Å². The number of ether oxygens (including phenoxy) is 2. The molecule has 0 saturated heterocycles. The molecule has 0 N–H and O–H groups in total. The number of carbonyl (C=O) groups excluding carboxylic acids is 3. The predicted molar refractivity (Wildman–Crippen MR) is 101 cm³/mol. The Morgan fingerprint density at radius 1 is 1.11 bits per heavy atom. The van der Waals surface area contributed by atoms with Crippen LogP contribution >= 0.6 is 23.2 Å². The van der Waals surface area contributed by atoms with Crippen molar-refractivity contribution in [2.45, 2.75) is 12.8 Å². The number of halogens is 2. The molecule has 0 radical (unpaired) electrons. The van der Waals surface area contributed by atoms with Crippen LogP contribution in [0.15, 0.2) is 28.8 Å². The number of carbonyl (C=O) groups is 3. The van der Waals surface area contributed by atoms with Crippen molar-refractivity contribution >= 4 is 41.0 Å². The smallest absolute Gasteiger partial charge is 0.325 e. The summed E-state index contributed by atoms with van der Waals surface area (Å²) in [6.45, 7) is -0.719. The normalized spacial score (nSPS) is 10.4. The van der Waals surface area contributed by atoms with E-state index in [1.165, 1.54) is 20.4 Å². The standard InChI is InChI=1S/C18H18Cl2N2O6/c1-26-17(24)9-22(10-18(25)27-2)16(23)6-5-15-21-8-14(28-15)12-4-3-11(19)7-13(12)20/h3-4,7-8H,5-6,9-10H2,1-2H3. The number of oxazole rings is 1. The zero-order chi connectivity index (χ0) is 20.7. The van der Waals surface area contributed by atoms with Gasteiger partial charge in [0.1, 0.15) is 13.1 Å². The Labute approximate surface area is 171 Å².